The molecule has 116 valence electrons. The highest BCUT2D eigenvalue weighted by Crippen LogP contribution is 2.41. The minimum absolute atomic E-state index is 0.00464. The Balaban J connectivity index is 1.76. The molecule has 0 saturated heterocycles. The quantitative estimate of drug-likeness (QED) is 0.914. The van der Waals surface area contributed by atoms with Crippen LogP contribution in [0.15, 0.2) is 54.3 Å². The largest absolute Gasteiger partial charge is 0.510 e. The van der Waals surface area contributed by atoms with Crippen LogP contribution in [0, 0.1) is 0 Å². The highest BCUT2D eigenvalue weighted by Gasteiger charge is 2.36. The summed E-state index contributed by atoms with van der Waals surface area (Å²) in [6, 6.07) is 11.7. The number of carbonyl (C=O) groups is 1. The van der Waals surface area contributed by atoms with Crippen LogP contribution >= 0.6 is 11.6 Å². The van der Waals surface area contributed by atoms with Crippen molar-refractivity contribution >= 4 is 23.2 Å². The molecule has 0 spiro atoms. The minimum atomic E-state index is -0.583. The van der Waals surface area contributed by atoms with Crippen molar-refractivity contribution in [3.05, 3.63) is 64.9 Å². The lowest BCUT2D eigenvalue weighted by molar-refractivity contribution is -0.113. The lowest BCUT2D eigenvalue weighted by Crippen LogP contribution is -2.29. The summed E-state index contributed by atoms with van der Waals surface area (Å²) in [5.41, 5.74) is 1.39. The maximum atomic E-state index is 12.3. The molecule has 0 saturated carbocycles. The second-order valence-corrected chi connectivity index (χ2v) is 5.71. The van der Waals surface area contributed by atoms with Gasteiger partial charge in [0.2, 0.25) is 6.79 Å². The van der Waals surface area contributed by atoms with E-state index >= 15 is 0 Å². The van der Waals surface area contributed by atoms with Gasteiger partial charge in [-0.05, 0) is 29.8 Å². The molecule has 4 rings (SSSR count). The maximum Gasteiger partial charge on any atom is 0.255 e. The molecule has 2 aromatic rings. The number of benzene rings is 2. The van der Waals surface area contributed by atoms with Gasteiger partial charge < -0.3 is 14.6 Å². The molecule has 0 aromatic heterocycles. The predicted molar refractivity (Wildman–Crippen MR) is 85.0 cm³/mol. The number of hydrogen-bond acceptors (Lipinski definition) is 4. The van der Waals surface area contributed by atoms with Gasteiger partial charge in [0, 0.05) is 22.9 Å². The first-order valence-electron chi connectivity index (χ1n) is 7.02. The number of rotatable bonds is 2. The Morgan fingerprint density at radius 1 is 1.09 bits per heavy atom. The highest BCUT2D eigenvalue weighted by molar-refractivity contribution is 6.30. The smallest absolute Gasteiger partial charge is 0.255 e. The monoisotopic (exact) mass is 329 g/mol. The van der Waals surface area contributed by atoms with Crippen LogP contribution in [0.4, 0.5) is 5.69 Å². The maximum absolute atomic E-state index is 12.3. The van der Waals surface area contributed by atoms with Crippen molar-refractivity contribution in [3.8, 4) is 11.5 Å². The molecular formula is C17H12ClNO4. The fourth-order valence-corrected chi connectivity index (χ4v) is 2.94. The molecule has 6 heteroatoms. The topological polar surface area (TPSA) is 59.0 Å². The molecule has 2 aliphatic heterocycles. The Bertz CT molecular complexity index is 816. The van der Waals surface area contributed by atoms with Gasteiger partial charge in [-0.1, -0.05) is 23.7 Å². The summed E-state index contributed by atoms with van der Waals surface area (Å²) in [6.07, 6.45) is 1.23. The number of anilines is 1. The summed E-state index contributed by atoms with van der Waals surface area (Å²) in [5.74, 6) is 0.925. The third-order valence-corrected chi connectivity index (χ3v) is 4.12. The van der Waals surface area contributed by atoms with Crippen molar-refractivity contribution in [2.75, 3.05) is 11.7 Å². The number of aliphatic hydroxyl groups is 1. The van der Waals surface area contributed by atoms with Gasteiger partial charge in [0.1, 0.15) is 11.8 Å². The van der Waals surface area contributed by atoms with Gasteiger partial charge in [0.15, 0.2) is 11.5 Å². The fraction of sp³-hybridized carbons (Fsp3) is 0.118. The Kier molecular flexibility index (Phi) is 3.16. The van der Waals surface area contributed by atoms with Crippen LogP contribution in [0.5, 0.6) is 11.5 Å². The van der Waals surface area contributed by atoms with Crippen molar-refractivity contribution < 1.29 is 19.4 Å². The predicted octanol–water partition coefficient (Wildman–Crippen LogP) is 3.60. The second-order valence-electron chi connectivity index (χ2n) is 5.27. The molecule has 1 atom stereocenters. The van der Waals surface area contributed by atoms with Crippen LogP contribution in [-0.4, -0.2) is 17.8 Å². The summed E-state index contributed by atoms with van der Waals surface area (Å²) in [4.78, 5) is 13.8. The first-order valence-corrected chi connectivity index (χ1v) is 7.40. The molecule has 23 heavy (non-hydrogen) atoms. The average molecular weight is 330 g/mol. The van der Waals surface area contributed by atoms with Crippen LogP contribution < -0.4 is 14.4 Å². The Morgan fingerprint density at radius 2 is 1.83 bits per heavy atom. The molecule has 0 fully saturated rings. The van der Waals surface area contributed by atoms with E-state index in [0.29, 0.717) is 22.2 Å². The molecular weight excluding hydrogens is 318 g/mol. The number of amides is 1. The summed E-state index contributed by atoms with van der Waals surface area (Å²) >= 11 is 5.91. The molecule has 2 aromatic carbocycles. The van der Waals surface area contributed by atoms with Crippen LogP contribution in [0.1, 0.15) is 11.6 Å². The van der Waals surface area contributed by atoms with Gasteiger partial charge in [-0.25, -0.2) is 0 Å². The average Bonchev–Trinajstić information content (AvgIpc) is 3.11. The fourth-order valence-electron chi connectivity index (χ4n) is 2.81. The molecule has 1 amide bonds. The normalized spacial score (nSPS) is 19.2. The van der Waals surface area contributed by atoms with E-state index in [1.54, 1.807) is 42.5 Å². The summed E-state index contributed by atoms with van der Waals surface area (Å²) < 4.78 is 10.6. The van der Waals surface area contributed by atoms with Crippen molar-refractivity contribution in [1.82, 2.24) is 0 Å². The van der Waals surface area contributed by atoms with Crippen molar-refractivity contribution in [1.29, 1.82) is 0 Å². The number of nitrogens with zero attached hydrogens (tertiary/aromatic N) is 1. The van der Waals surface area contributed by atoms with E-state index in [1.165, 1.54) is 11.0 Å². The third kappa shape index (κ3) is 2.29. The first kappa shape index (κ1) is 14.0. The third-order valence-electron chi connectivity index (χ3n) is 3.87. The Labute approximate surface area is 137 Å². The zero-order chi connectivity index (χ0) is 16.0. The van der Waals surface area contributed by atoms with E-state index in [4.69, 9.17) is 21.1 Å². The van der Waals surface area contributed by atoms with Crippen LogP contribution in [0.3, 0.4) is 0 Å². The first-order chi connectivity index (χ1) is 11.1. The lowest BCUT2D eigenvalue weighted by atomic mass is 10.0. The summed E-state index contributed by atoms with van der Waals surface area (Å²) in [7, 11) is 0. The molecule has 2 aliphatic rings. The van der Waals surface area contributed by atoms with E-state index < -0.39 is 6.04 Å². The van der Waals surface area contributed by atoms with Crippen molar-refractivity contribution in [2.24, 2.45) is 0 Å². The number of ether oxygens (including phenoxy) is 2. The number of carbonyl (C=O) groups excluding carboxylic acids is 1. The number of halogens is 1. The van der Waals surface area contributed by atoms with Crippen LogP contribution in [0.2, 0.25) is 5.02 Å². The summed E-state index contributed by atoms with van der Waals surface area (Å²) in [5, 5.41) is 10.8. The van der Waals surface area contributed by atoms with E-state index in [-0.39, 0.29) is 18.5 Å². The zero-order valence-corrected chi connectivity index (χ0v) is 12.7. The molecule has 0 aliphatic carbocycles. The zero-order valence-electron chi connectivity index (χ0n) is 11.9. The van der Waals surface area contributed by atoms with Gasteiger partial charge in [0.25, 0.3) is 5.91 Å². The van der Waals surface area contributed by atoms with Gasteiger partial charge in [-0.2, -0.15) is 0 Å². The van der Waals surface area contributed by atoms with Gasteiger partial charge in [-0.3, -0.25) is 9.69 Å². The molecule has 2 heterocycles. The van der Waals surface area contributed by atoms with Crippen LogP contribution in [0.25, 0.3) is 0 Å². The van der Waals surface area contributed by atoms with Crippen LogP contribution in [-0.2, 0) is 4.79 Å². The Morgan fingerprint density at radius 3 is 2.61 bits per heavy atom. The molecule has 5 nitrogen and oxygen atoms in total. The lowest BCUT2D eigenvalue weighted by Gasteiger charge is -2.26. The van der Waals surface area contributed by atoms with E-state index in [0.717, 1.165) is 5.56 Å². The van der Waals surface area contributed by atoms with Crippen molar-refractivity contribution in [3.63, 3.8) is 0 Å². The van der Waals surface area contributed by atoms with Gasteiger partial charge in [-0.15, -0.1) is 0 Å². The minimum Gasteiger partial charge on any atom is -0.510 e. The Hall–Kier alpha value is -2.66. The van der Waals surface area contributed by atoms with Gasteiger partial charge in [0.05, 0.1) is 0 Å². The number of hydrogen-bond donors (Lipinski definition) is 1. The number of fused-ring (bicyclic) bond motifs is 1. The molecule has 0 bridgehead atoms. The van der Waals surface area contributed by atoms with Gasteiger partial charge >= 0.3 is 0 Å². The van der Waals surface area contributed by atoms with E-state index in [9.17, 15) is 9.90 Å². The highest BCUT2D eigenvalue weighted by atomic mass is 35.5. The SMILES string of the molecule is O=C1C=C(O)C(c2ccc(Cl)cc2)N1c1ccc2c(c1)OCO2. The molecule has 1 unspecified atom stereocenters. The number of aliphatic hydroxyl groups excluding tert-OH is 1. The summed E-state index contributed by atoms with van der Waals surface area (Å²) in [6.45, 7) is 0.164. The van der Waals surface area contributed by atoms with Crippen molar-refractivity contribution in [2.45, 2.75) is 6.04 Å². The standard InChI is InChI=1S/C17H12ClNO4/c18-11-3-1-10(2-4-11)17-13(20)8-16(21)19(17)12-5-6-14-15(7-12)23-9-22-14/h1-8,17,20H,9H2. The van der Waals surface area contributed by atoms with E-state index in [2.05, 4.69) is 0 Å². The molecule has 0 radical (unpaired) electrons. The second kappa shape index (κ2) is 5.21. The van der Waals surface area contributed by atoms with E-state index in [1.807, 2.05) is 0 Å². The molecule has 1 N–H and O–H groups in total.